The average Bonchev–Trinajstić information content (AvgIpc) is 2.43. The Morgan fingerprint density at radius 2 is 1.45 bits per heavy atom. The Labute approximate surface area is 124 Å². The fourth-order valence-corrected chi connectivity index (χ4v) is 2.16. The number of amides is 1. The van der Waals surface area contributed by atoms with Crippen LogP contribution in [0.4, 0.5) is 0 Å². The maximum Gasteiger partial charge on any atom is 0.239 e. The number of nitrogens with one attached hydrogen (secondary N) is 1. The summed E-state index contributed by atoms with van der Waals surface area (Å²) in [6.45, 7) is 4.44. The smallest absolute Gasteiger partial charge is 0.239 e. The molecule has 0 aliphatic heterocycles. The van der Waals surface area contributed by atoms with Crippen molar-refractivity contribution in [2.45, 2.75) is 90.2 Å². The minimum atomic E-state index is -0.807. The molecule has 0 spiro atoms. The van der Waals surface area contributed by atoms with Gasteiger partial charge in [0.2, 0.25) is 5.91 Å². The number of carbonyl (C=O) groups excluding carboxylic acids is 1. The number of rotatable bonds is 13. The van der Waals surface area contributed by atoms with Crippen LogP contribution >= 0.6 is 0 Å². The standard InChI is InChI=1S/C16H34N2O2/c1-3-4-5-6-7-8-9-10-11-12-13-18-16(20)15(17)14(2)19/h14-15,19H,3-13,17H2,1-2H3,(H,18,20)/t14-,15-/m1/s1. The van der Waals surface area contributed by atoms with E-state index in [0.29, 0.717) is 6.54 Å². The van der Waals surface area contributed by atoms with Gasteiger partial charge in [-0.15, -0.1) is 0 Å². The van der Waals surface area contributed by atoms with Crippen molar-refractivity contribution in [3.63, 3.8) is 0 Å². The van der Waals surface area contributed by atoms with Gasteiger partial charge in [-0.1, -0.05) is 64.7 Å². The normalized spacial score (nSPS) is 14.0. The third-order valence-electron chi connectivity index (χ3n) is 3.65. The van der Waals surface area contributed by atoms with Gasteiger partial charge in [0.15, 0.2) is 0 Å². The van der Waals surface area contributed by atoms with E-state index in [2.05, 4.69) is 12.2 Å². The molecule has 4 nitrogen and oxygen atoms in total. The zero-order valence-corrected chi connectivity index (χ0v) is 13.4. The Balaban J connectivity index is 3.23. The van der Waals surface area contributed by atoms with E-state index in [0.717, 1.165) is 12.8 Å². The Bertz CT molecular complexity index is 233. The third-order valence-corrected chi connectivity index (χ3v) is 3.65. The van der Waals surface area contributed by atoms with E-state index >= 15 is 0 Å². The molecule has 0 unspecified atom stereocenters. The summed E-state index contributed by atoms with van der Waals surface area (Å²) in [6, 6.07) is -0.807. The van der Waals surface area contributed by atoms with Crippen molar-refractivity contribution in [3.8, 4) is 0 Å². The van der Waals surface area contributed by atoms with Gasteiger partial charge in [0.05, 0.1) is 6.10 Å². The zero-order valence-electron chi connectivity index (χ0n) is 13.4. The molecule has 0 rings (SSSR count). The van der Waals surface area contributed by atoms with Crippen LogP contribution in [0.25, 0.3) is 0 Å². The SMILES string of the molecule is CCCCCCCCCCCCNC(=O)[C@H](N)[C@@H](C)O. The van der Waals surface area contributed by atoms with Gasteiger partial charge in [0.25, 0.3) is 0 Å². The van der Waals surface area contributed by atoms with E-state index in [9.17, 15) is 9.90 Å². The summed E-state index contributed by atoms with van der Waals surface area (Å²) in [6.07, 6.45) is 12.0. The molecule has 0 aliphatic rings. The number of nitrogens with two attached hydrogens (primary N) is 1. The second kappa shape index (κ2) is 13.4. The van der Waals surface area contributed by atoms with E-state index in [1.807, 2.05) is 0 Å². The van der Waals surface area contributed by atoms with E-state index in [-0.39, 0.29) is 5.91 Å². The summed E-state index contributed by atoms with van der Waals surface area (Å²) >= 11 is 0. The minimum absolute atomic E-state index is 0.254. The fraction of sp³-hybridized carbons (Fsp3) is 0.938. The van der Waals surface area contributed by atoms with Crippen LogP contribution in [-0.2, 0) is 4.79 Å². The van der Waals surface area contributed by atoms with Crippen LogP contribution in [-0.4, -0.2) is 29.7 Å². The van der Waals surface area contributed by atoms with Crippen molar-refractivity contribution in [3.05, 3.63) is 0 Å². The predicted molar refractivity (Wildman–Crippen MR) is 84.5 cm³/mol. The average molecular weight is 286 g/mol. The highest BCUT2D eigenvalue weighted by atomic mass is 16.3. The number of hydrogen-bond donors (Lipinski definition) is 3. The first kappa shape index (κ1) is 19.4. The first-order chi connectivity index (χ1) is 9.59. The van der Waals surface area contributed by atoms with Crippen LogP contribution in [0.2, 0.25) is 0 Å². The number of aliphatic hydroxyl groups is 1. The van der Waals surface area contributed by atoms with Crippen LogP contribution in [0.15, 0.2) is 0 Å². The largest absolute Gasteiger partial charge is 0.391 e. The predicted octanol–water partition coefficient (Wildman–Crippen LogP) is 2.73. The quantitative estimate of drug-likeness (QED) is 0.456. The molecule has 4 heteroatoms. The van der Waals surface area contributed by atoms with Gasteiger partial charge < -0.3 is 16.2 Å². The lowest BCUT2D eigenvalue weighted by molar-refractivity contribution is -0.124. The maximum absolute atomic E-state index is 11.4. The molecule has 1 amide bonds. The molecule has 0 saturated heterocycles. The van der Waals surface area contributed by atoms with Gasteiger partial charge >= 0.3 is 0 Å². The van der Waals surface area contributed by atoms with Gasteiger partial charge in [-0.2, -0.15) is 0 Å². The molecular formula is C16H34N2O2. The Morgan fingerprint density at radius 3 is 1.90 bits per heavy atom. The molecule has 2 atom stereocenters. The van der Waals surface area contributed by atoms with E-state index in [4.69, 9.17) is 5.73 Å². The summed E-state index contributed by atoms with van der Waals surface area (Å²) in [5.74, 6) is -0.254. The van der Waals surface area contributed by atoms with Crippen LogP contribution in [0.5, 0.6) is 0 Å². The Hall–Kier alpha value is -0.610. The maximum atomic E-state index is 11.4. The van der Waals surface area contributed by atoms with Gasteiger partial charge in [0.1, 0.15) is 6.04 Å². The number of hydrogen-bond acceptors (Lipinski definition) is 3. The molecule has 4 N–H and O–H groups in total. The molecule has 0 aromatic heterocycles. The number of aliphatic hydroxyl groups excluding tert-OH is 1. The van der Waals surface area contributed by atoms with Crippen molar-refractivity contribution < 1.29 is 9.90 Å². The van der Waals surface area contributed by atoms with Crippen molar-refractivity contribution >= 4 is 5.91 Å². The monoisotopic (exact) mass is 286 g/mol. The minimum Gasteiger partial charge on any atom is -0.391 e. The molecule has 0 fully saturated rings. The highest BCUT2D eigenvalue weighted by Gasteiger charge is 2.17. The molecular weight excluding hydrogens is 252 g/mol. The lowest BCUT2D eigenvalue weighted by atomic mass is 10.1. The fourth-order valence-electron chi connectivity index (χ4n) is 2.16. The first-order valence-electron chi connectivity index (χ1n) is 8.31. The van der Waals surface area contributed by atoms with Gasteiger partial charge in [-0.05, 0) is 13.3 Å². The molecule has 120 valence electrons. The van der Waals surface area contributed by atoms with Gasteiger partial charge in [-0.25, -0.2) is 0 Å². The van der Waals surface area contributed by atoms with E-state index in [1.165, 1.54) is 58.3 Å². The van der Waals surface area contributed by atoms with Gasteiger partial charge in [-0.3, -0.25) is 4.79 Å². The summed E-state index contributed by atoms with van der Waals surface area (Å²) in [5, 5.41) is 11.9. The first-order valence-corrected chi connectivity index (χ1v) is 8.31. The summed E-state index contributed by atoms with van der Waals surface area (Å²) in [4.78, 5) is 11.4. The highest BCUT2D eigenvalue weighted by molar-refractivity contribution is 5.81. The second-order valence-corrected chi connectivity index (χ2v) is 5.74. The Morgan fingerprint density at radius 1 is 1.00 bits per heavy atom. The Kier molecular flexibility index (Phi) is 13.0. The van der Waals surface area contributed by atoms with Crippen LogP contribution in [0.1, 0.15) is 78.1 Å². The molecule has 0 bridgehead atoms. The highest BCUT2D eigenvalue weighted by Crippen LogP contribution is 2.10. The summed E-state index contributed by atoms with van der Waals surface area (Å²) < 4.78 is 0. The van der Waals surface area contributed by atoms with Crippen molar-refractivity contribution in [1.82, 2.24) is 5.32 Å². The molecule has 0 saturated carbocycles. The van der Waals surface area contributed by atoms with Crippen molar-refractivity contribution in [2.24, 2.45) is 5.73 Å². The number of carbonyl (C=O) groups is 1. The van der Waals surface area contributed by atoms with Crippen molar-refractivity contribution in [2.75, 3.05) is 6.54 Å². The lowest BCUT2D eigenvalue weighted by Crippen LogP contribution is -2.47. The van der Waals surface area contributed by atoms with Crippen LogP contribution in [0, 0.1) is 0 Å². The zero-order chi connectivity index (χ0) is 15.2. The van der Waals surface area contributed by atoms with E-state index < -0.39 is 12.1 Å². The lowest BCUT2D eigenvalue weighted by Gasteiger charge is -2.14. The molecule has 0 aromatic carbocycles. The van der Waals surface area contributed by atoms with Crippen molar-refractivity contribution in [1.29, 1.82) is 0 Å². The summed E-state index contributed by atoms with van der Waals surface area (Å²) in [5.41, 5.74) is 5.53. The third kappa shape index (κ3) is 11.2. The molecule has 0 aliphatic carbocycles. The molecule has 20 heavy (non-hydrogen) atoms. The number of unbranched alkanes of at least 4 members (excludes halogenated alkanes) is 9. The topological polar surface area (TPSA) is 75.4 Å². The summed E-state index contributed by atoms with van der Waals surface area (Å²) in [7, 11) is 0. The van der Waals surface area contributed by atoms with Gasteiger partial charge in [0, 0.05) is 6.54 Å². The molecule has 0 aromatic rings. The van der Waals surface area contributed by atoms with E-state index in [1.54, 1.807) is 0 Å². The van der Waals surface area contributed by atoms with Crippen LogP contribution in [0.3, 0.4) is 0 Å². The molecule has 0 radical (unpaired) electrons. The second-order valence-electron chi connectivity index (χ2n) is 5.74. The van der Waals surface area contributed by atoms with Crippen LogP contribution < -0.4 is 11.1 Å². The molecule has 0 heterocycles.